The first-order valence-electron chi connectivity index (χ1n) is 29.9. The molecule has 9 nitrogen and oxygen atoms in total. The molecule has 7 atom stereocenters. The maximum Gasteiger partial charge on any atom is 0.220 e. The molecule has 1 rings (SSSR count). The van der Waals surface area contributed by atoms with Gasteiger partial charge >= 0.3 is 0 Å². The monoisotopic (exact) mass is 966 g/mol. The Labute approximate surface area is 420 Å². The topological polar surface area (TPSA) is 149 Å². The van der Waals surface area contributed by atoms with Crippen LogP contribution in [0.4, 0.5) is 0 Å². The molecule has 1 amide bonds. The van der Waals surface area contributed by atoms with E-state index in [-0.39, 0.29) is 12.5 Å². The van der Waals surface area contributed by atoms with Crippen LogP contribution >= 0.6 is 0 Å². The van der Waals surface area contributed by atoms with Gasteiger partial charge in [-0.2, -0.15) is 0 Å². The smallest absolute Gasteiger partial charge is 0.220 e. The van der Waals surface area contributed by atoms with Gasteiger partial charge in [0.25, 0.3) is 0 Å². The summed E-state index contributed by atoms with van der Waals surface area (Å²) in [5.74, 6) is -0.139. The van der Waals surface area contributed by atoms with E-state index in [2.05, 4.69) is 31.3 Å². The Bertz CT molecular complexity index is 1080. The summed E-state index contributed by atoms with van der Waals surface area (Å²) in [5, 5.41) is 54.7. The first kappa shape index (κ1) is 64.9. The standard InChI is InChI=1S/C59H115NO8/c1-3-5-7-9-11-13-15-17-19-21-22-23-24-25-26-27-28-29-30-31-33-35-37-39-41-43-45-47-49-55(63)60-52(51-67-59-58(66)57(65)56(64)54(50-61)68-59)53(62)48-46-44-42-40-38-36-34-32-20-18-16-14-12-10-8-6-4-2/h25-26,52-54,56-59,61-62,64-66H,3-24,27-51H2,1-2H3,(H,60,63)/b26-25-. The van der Waals surface area contributed by atoms with Crippen LogP contribution in [0.1, 0.15) is 303 Å². The summed E-state index contributed by atoms with van der Waals surface area (Å²) in [6, 6.07) is -0.716. The van der Waals surface area contributed by atoms with Gasteiger partial charge < -0.3 is 40.3 Å². The molecular formula is C59H115NO8. The second-order valence-electron chi connectivity index (χ2n) is 21.1. The van der Waals surface area contributed by atoms with Crippen LogP contribution in [0.2, 0.25) is 0 Å². The van der Waals surface area contributed by atoms with E-state index in [1.54, 1.807) is 0 Å². The first-order chi connectivity index (χ1) is 33.3. The van der Waals surface area contributed by atoms with Gasteiger partial charge in [0, 0.05) is 6.42 Å². The molecule has 0 aromatic carbocycles. The SMILES string of the molecule is CCCCCCCCCCCCCC/C=C\CCCCCCCCCCCCCCC(=O)NC(COC1OC(CO)C(O)C(O)C1O)C(O)CCCCCCCCCCCCCCCCCCC. The Balaban J connectivity index is 2.15. The zero-order chi connectivity index (χ0) is 49.4. The molecule has 1 aliphatic rings. The molecule has 0 aromatic heterocycles. The summed E-state index contributed by atoms with van der Waals surface area (Å²) in [6.45, 7) is 3.88. The van der Waals surface area contributed by atoms with Crippen LogP contribution in [-0.2, 0) is 14.3 Å². The summed E-state index contributed by atoms with van der Waals surface area (Å²) < 4.78 is 11.3. The van der Waals surface area contributed by atoms with Crippen LogP contribution in [0.15, 0.2) is 12.2 Å². The van der Waals surface area contributed by atoms with Crippen LogP contribution in [0.25, 0.3) is 0 Å². The second-order valence-corrected chi connectivity index (χ2v) is 21.1. The van der Waals surface area contributed by atoms with E-state index in [9.17, 15) is 30.3 Å². The van der Waals surface area contributed by atoms with Gasteiger partial charge in [-0.1, -0.05) is 270 Å². The minimum atomic E-state index is -1.55. The molecule has 6 N–H and O–H groups in total. The lowest BCUT2D eigenvalue weighted by atomic mass is 9.99. The normalized spacial score (nSPS) is 19.5. The Kier molecular flexibility index (Phi) is 47.3. The zero-order valence-electron chi connectivity index (χ0n) is 44.9. The first-order valence-corrected chi connectivity index (χ1v) is 29.9. The van der Waals surface area contributed by atoms with Crippen LogP contribution in [0.5, 0.6) is 0 Å². The third-order valence-electron chi connectivity index (χ3n) is 14.6. The molecular weight excluding hydrogens is 851 g/mol. The van der Waals surface area contributed by atoms with Crippen molar-refractivity contribution >= 4 is 5.91 Å². The number of aliphatic hydroxyl groups excluding tert-OH is 5. The van der Waals surface area contributed by atoms with Gasteiger partial charge in [-0.3, -0.25) is 4.79 Å². The lowest BCUT2D eigenvalue weighted by Gasteiger charge is -2.40. The number of rotatable bonds is 52. The number of amides is 1. The highest BCUT2D eigenvalue weighted by atomic mass is 16.7. The molecule has 0 aromatic rings. The number of hydrogen-bond donors (Lipinski definition) is 6. The number of ether oxygens (including phenoxy) is 2. The van der Waals surface area contributed by atoms with E-state index in [0.29, 0.717) is 12.8 Å². The van der Waals surface area contributed by atoms with E-state index >= 15 is 0 Å². The Morgan fingerprint density at radius 1 is 0.485 bits per heavy atom. The van der Waals surface area contributed by atoms with Gasteiger partial charge in [-0.15, -0.1) is 0 Å². The molecule has 7 unspecified atom stereocenters. The van der Waals surface area contributed by atoms with Gasteiger partial charge in [-0.25, -0.2) is 0 Å². The lowest BCUT2D eigenvalue weighted by molar-refractivity contribution is -0.302. The van der Waals surface area contributed by atoms with Crippen LogP contribution in [0, 0.1) is 0 Å². The van der Waals surface area contributed by atoms with E-state index < -0.39 is 49.5 Å². The third kappa shape index (κ3) is 38.6. The van der Waals surface area contributed by atoms with E-state index in [4.69, 9.17) is 9.47 Å². The summed E-state index contributed by atoms with van der Waals surface area (Å²) in [6.07, 6.45) is 53.9. The summed E-state index contributed by atoms with van der Waals surface area (Å²) in [5.41, 5.74) is 0. The molecule has 0 spiro atoms. The lowest BCUT2D eigenvalue weighted by Crippen LogP contribution is -2.60. The molecule has 1 heterocycles. The molecule has 1 aliphatic heterocycles. The highest BCUT2D eigenvalue weighted by Crippen LogP contribution is 2.23. The fourth-order valence-electron chi connectivity index (χ4n) is 9.87. The highest BCUT2D eigenvalue weighted by Gasteiger charge is 2.44. The number of unbranched alkanes of at least 4 members (excludes halogenated alkanes) is 40. The van der Waals surface area contributed by atoms with Crippen molar-refractivity contribution in [3.05, 3.63) is 12.2 Å². The van der Waals surface area contributed by atoms with Gasteiger partial charge in [0.2, 0.25) is 5.91 Å². The molecule has 404 valence electrons. The predicted molar refractivity (Wildman–Crippen MR) is 286 cm³/mol. The average molecular weight is 967 g/mol. The Morgan fingerprint density at radius 2 is 0.824 bits per heavy atom. The molecule has 0 saturated carbocycles. The highest BCUT2D eigenvalue weighted by molar-refractivity contribution is 5.76. The van der Waals surface area contributed by atoms with Gasteiger partial charge in [-0.05, 0) is 38.5 Å². The van der Waals surface area contributed by atoms with Gasteiger partial charge in [0.15, 0.2) is 6.29 Å². The van der Waals surface area contributed by atoms with Crippen molar-refractivity contribution in [2.24, 2.45) is 0 Å². The van der Waals surface area contributed by atoms with Crippen molar-refractivity contribution in [1.29, 1.82) is 0 Å². The maximum absolute atomic E-state index is 13.1. The maximum atomic E-state index is 13.1. The number of hydrogen-bond acceptors (Lipinski definition) is 8. The van der Waals surface area contributed by atoms with Crippen LogP contribution < -0.4 is 5.32 Å². The van der Waals surface area contributed by atoms with E-state index in [1.165, 1.54) is 238 Å². The largest absolute Gasteiger partial charge is 0.394 e. The van der Waals surface area contributed by atoms with E-state index in [0.717, 1.165) is 38.5 Å². The second kappa shape index (κ2) is 49.5. The van der Waals surface area contributed by atoms with E-state index in [1.807, 2.05) is 0 Å². The molecule has 9 heteroatoms. The molecule has 0 aliphatic carbocycles. The third-order valence-corrected chi connectivity index (χ3v) is 14.6. The molecule has 0 radical (unpaired) electrons. The van der Waals surface area contributed by atoms with Crippen molar-refractivity contribution in [1.82, 2.24) is 5.32 Å². The van der Waals surface area contributed by atoms with Crippen molar-refractivity contribution < 1.29 is 39.8 Å². The number of carbonyl (C=O) groups excluding carboxylic acids is 1. The van der Waals surface area contributed by atoms with Crippen LogP contribution in [0.3, 0.4) is 0 Å². The minimum absolute atomic E-state index is 0.133. The molecule has 1 saturated heterocycles. The summed E-state index contributed by atoms with van der Waals surface area (Å²) in [7, 11) is 0. The minimum Gasteiger partial charge on any atom is -0.394 e. The average Bonchev–Trinajstić information content (AvgIpc) is 3.34. The van der Waals surface area contributed by atoms with Gasteiger partial charge in [0.05, 0.1) is 25.4 Å². The number of aliphatic hydroxyl groups is 5. The summed E-state index contributed by atoms with van der Waals surface area (Å²) >= 11 is 0. The number of nitrogens with one attached hydrogen (secondary N) is 1. The zero-order valence-corrected chi connectivity index (χ0v) is 44.9. The number of carbonyl (C=O) groups is 1. The Hall–Kier alpha value is -1.07. The molecule has 68 heavy (non-hydrogen) atoms. The van der Waals surface area contributed by atoms with Crippen molar-refractivity contribution in [2.75, 3.05) is 13.2 Å². The fraction of sp³-hybridized carbons (Fsp3) is 0.949. The van der Waals surface area contributed by atoms with Crippen LogP contribution in [-0.4, -0.2) is 87.5 Å². The molecule has 0 bridgehead atoms. The number of allylic oxidation sites excluding steroid dienone is 2. The fourth-order valence-corrected chi connectivity index (χ4v) is 9.87. The van der Waals surface area contributed by atoms with Gasteiger partial charge in [0.1, 0.15) is 24.4 Å². The molecule has 1 fully saturated rings. The summed E-state index contributed by atoms with van der Waals surface area (Å²) in [4.78, 5) is 13.1. The quantitative estimate of drug-likeness (QED) is 0.0261. The predicted octanol–water partition coefficient (Wildman–Crippen LogP) is 14.8. The van der Waals surface area contributed by atoms with Crippen molar-refractivity contribution in [3.63, 3.8) is 0 Å². The Morgan fingerprint density at radius 3 is 1.19 bits per heavy atom. The van der Waals surface area contributed by atoms with Crippen molar-refractivity contribution in [3.8, 4) is 0 Å². The van der Waals surface area contributed by atoms with Crippen molar-refractivity contribution in [2.45, 2.75) is 346 Å².